The molecule has 1 fully saturated rings. The highest BCUT2D eigenvalue weighted by Crippen LogP contribution is 2.02. The second kappa shape index (κ2) is 3.66. The summed E-state index contributed by atoms with van der Waals surface area (Å²) in [7, 11) is 0. The Morgan fingerprint density at radius 3 is 2.23 bits per heavy atom. The number of carbonyl (C=O) groups excluding carboxylic acids is 3. The molecule has 1 heterocycles. The van der Waals surface area contributed by atoms with Gasteiger partial charge in [-0.1, -0.05) is 0 Å². The van der Waals surface area contributed by atoms with Crippen LogP contribution >= 0.6 is 0 Å². The molecule has 13 heavy (non-hydrogen) atoms. The van der Waals surface area contributed by atoms with Gasteiger partial charge in [0.2, 0.25) is 11.8 Å². The predicted molar refractivity (Wildman–Crippen MR) is 44.9 cm³/mol. The Hall–Kier alpha value is -1.23. The quantitative estimate of drug-likeness (QED) is 0.554. The van der Waals surface area contributed by atoms with Crippen LogP contribution in [-0.4, -0.2) is 41.6 Å². The molecule has 0 aromatic heterocycles. The largest absolute Gasteiger partial charge is 0.298 e. The Labute approximate surface area is 76.1 Å². The fourth-order valence-corrected chi connectivity index (χ4v) is 1.19. The molecule has 1 aliphatic rings. The first-order valence-corrected chi connectivity index (χ1v) is 4.08. The molecule has 1 N–H and O–H groups in total. The maximum Gasteiger partial charge on any atom is 0.240 e. The first kappa shape index (κ1) is 9.85. The van der Waals surface area contributed by atoms with Crippen molar-refractivity contribution in [2.45, 2.75) is 19.9 Å². The number of nitrogens with zero attached hydrogens (tertiary/aromatic N) is 1. The zero-order chi connectivity index (χ0) is 10.0. The van der Waals surface area contributed by atoms with Crippen LogP contribution in [0.4, 0.5) is 0 Å². The van der Waals surface area contributed by atoms with Crippen LogP contribution in [-0.2, 0) is 14.4 Å². The average molecular weight is 184 g/mol. The van der Waals surface area contributed by atoms with E-state index in [2.05, 4.69) is 5.32 Å². The second-order valence-electron chi connectivity index (χ2n) is 3.16. The molecule has 0 spiro atoms. The number of hydrogen-bond acceptors (Lipinski definition) is 4. The summed E-state index contributed by atoms with van der Waals surface area (Å²) >= 11 is 0. The molecule has 1 rings (SSSR count). The van der Waals surface area contributed by atoms with Crippen molar-refractivity contribution in [1.29, 1.82) is 0 Å². The van der Waals surface area contributed by atoms with Gasteiger partial charge in [-0.2, -0.15) is 0 Å². The van der Waals surface area contributed by atoms with E-state index < -0.39 is 0 Å². The average Bonchev–Trinajstić information content (AvgIpc) is 2.01. The van der Waals surface area contributed by atoms with Crippen molar-refractivity contribution < 1.29 is 14.4 Å². The van der Waals surface area contributed by atoms with E-state index in [9.17, 15) is 14.4 Å². The molecular formula is C8H12N2O3. The van der Waals surface area contributed by atoms with Gasteiger partial charge in [0.15, 0.2) is 0 Å². The lowest BCUT2D eigenvalue weighted by Gasteiger charge is -2.29. The first-order chi connectivity index (χ1) is 6.00. The highest BCUT2D eigenvalue weighted by atomic mass is 16.2. The van der Waals surface area contributed by atoms with Gasteiger partial charge >= 0.3 is 0 Å². The molecule has 1 saturated heterocycles. The summed E-state index contributed by atoms with van der Waals surface area (Å²) in [5, 5.41) is 2.17. The standard InChI is InChI=1S/C8H12N2O3/c1-5(6(2)11)10-3-7(12)9-8(13)4-10/h5H,3-4H2,1-2H3,(H,9,12,13). The Morgan fingerprint density at radius 1 is 1.38 bits per heavy atom. The highest BCUT2D eigenvalue weighted by Gasteiger charge is 2.27. The molecule has 5 nitrogen and oxygen atoms in total. The van der Waals surface area contributed by atoms with E-state index >= 15 is 0 Å². The van der Waals surface area contributed by atoms with Gasteiger partial charge in [0.25, 0.3) is 0 Å². The minimum Gasteiger partial charge on any atom is -0.298 e. The van der Waals surface area contributed by atoms with Gasteiger partial charge in [-0.05, 0) is 13.8 Å². The van der Waals surface area contributed by atoms with Gasteiger partial charge in [-0.15, -0.1) is 0 Å². The van der Waals surface area contributed by atoms with Crippen LogP contribution in [0.25, 0.3) is 0 Å². The SMILES string of the molecule is CC(=O)C(C)N1CC(=O)NC(=O)C1. The molecule has 0 saturated carbocycles. The van der Waals surface area contributed by atoms with Gasteiger partial charge < -0.3 is 0 Å². The number of nitrogens with one attached hydrogen (secondary N) is 1. The van der Waals surface area contributed by atoms with Gasteiger partial charge in [0, 0.05) is 0 Å². The van der Waals surface area contributed by atoms with Crippen LogP contribution in [0, 0.1) is 0 Å². The number of carbonyl (C=O) groups is 3. The molecule has 0 bridgehead atoms. The fourth-order valence-electron chi connectivity index (χ4n) is 1.19. The summed E-state index contributed by atoms with van der Waals surface area (Å²) in [5.41, 5.74) is 0. The number of Topliss-reactive ketones (excluding diaryl/α,β-unsaturated/α-hetero) is 1. The van der Waals surface area contributed by atoms with E-state index in [0.29, 0.717) is 0 Å². The number of ketones is 1. The molecule has 1 aliphatic heterocycles. The van der Waals surface area contributed by atoms with Crippen LogP contribution in [0.15, 0.2) is 0 Å². The number of hydrogen-bond donors (Lipinski definition) is 1. The van der Waals surface area contributed by atoms with Gasteiger partial charge in [-0.3, -0.25) is 24.6 Å². The fraction of sp³-hybridized carbons (Fsp3) is 0.625. The van der Waals surface area contributed by atoms with Crippen LogP contribution in [0.2, 0.25) is 0 Å². The van der Waals surface area contributed by atoms with Crippen molar-refractivity contribution in [3.05, 3.63) is 0 Å². The Morgan fingerprint density at radius 2 is 1.85 bits per heavy atom. The molecule has 1 unspecified atom stereocenters. The zero-order valence-corrected chi connectivity index (χ0v) is 7.66. The van der Waals surface area contributed by atoms with Crippen LogP contribution in [0.5, 0.6) is 0 Å². The highest BCUT2D eigenvalue weighted by molar-refractivity contribution is 6.00. The van der Waals surface area contributed by atoms with E-state index in [1.165, 1.54) is 6.92 Å². The number of rotatable bonds is 2. The summed E-state index contributed by atoms with van der Waals surface area (Å²) in [6.07, 6.45) is 0. The lowest BCUT2D eigenvalue weighted by Crippen LogP contribution is -2.55. The van der Waals surface area contributed by atoms with Crippen LogP contribution in [0.1, 0.15) is 13.8 Å². The first-order valence-electron chi connectivity index (χ1n) is 4.08. The maximum atomic E-state index is 11.0. The Balaban J connectivity index is 2.65. The van der Waals surface area contributed by atoms with Crippen LogP contribution < -0.4 is 5.32 Å². The molecular weight excluding hydrogens is 172 g/mol. The van der Waals surface area contributed by atoms with Crippen molar-refractivity contribution in [1.82, 2.24) is 10.2 Å². The lowest BCUT2D eigenvalue weighted by molar-refractivity contribution is -0.138. The molecule has 0 aromatic carbocycles. The van der Waals surface area contributed by atoms with E-state index in [-0.39, 0.29) is 36.7 Å². The maximum absolute atomic E-state index is 11.0. The molecule has 72 valence electrons. The normalized spacial score (nSPS) is 21.1. The number of imide groups is 1. The summed E-state index contributed by atoms with van der Waals surface area (Å²) in [4.78, 5) is 34.4. The Kier molecular flexibility index (Phi) is 2.77. The van der Waals surface area contributed by atoms with E-state index in [1.807, 2.05) is 0 Å². The molecule has 5 heteroatoms. The third kappa shape index (κ3) is 2.35. The van der Waals surface area contributed by atoms with Crippen molar-refractivity contribution >= 4 is 17.6 Å². The third-order valence-corrected chi connectivity index (χ3v) is 2.11. The smallest absolute Gasteiger partial charge is 0.240 e. The van der Waals surface area contributed by atoms with E-state index in [1.54, 1.807) is 11.8 Å². The van der Waals surface area contributed by atoms with E-state index in [4.69, 9.17) is 0 Å². The predicted octanol–water partition coefficient (Wildman–Crippen LogP) is -1.08. The molecule has 0 aromatic rings. The van der Waals surface area contributed by atoms with Crippen molar-refractivity contribution in [2.24, 2.45) is 0 Å². The Bertz CT molecular complexity index is 246. The molecule has 0 aliphatic carbocycles. The molecule has 1 atom stereocenters. The summed E-state index contributed by atoms with van der Waals surface area (Å²) in [5.74, 6) is -0.726. The third-order valence-electron chi connectivity index (χ3n) is 2.11. The van der Waals surface area contributed by atoms with Crippen molar-refractivity contribution in [3.63, 3.8) is 0 Å². The minimum atomic E-state index is -0.366. The van der Waals surface area contributed by atoms with Gasteiger partial charge in [0.1, 0.15) is 5.78 Å². The minimum absolute atomic E-state index is 0.0394. The van der Waals surface area contributed by atoms with Crippen LogP contribution in [0.3, 0.4) is 0 Å². The molecule has 0 radical (unpaired) electrons. The number of amides is 2. The lowest BCUT2D eigenvalue weighted by atomic mass is 10.2. The van der Waals surface area contributed by atoms with Crippen molar-refractivity contribution in [2.75, 3.05) is 13.1 Å². The second-order valence-corrected chi connectivity index (χ2v) is 3.16. The van der Waals surface area contributed by atoms with Gasteiger partial charge in [0.05, 0.1) is 19.1 Å². The number of piperazine rings is 1. The van der Waals surface area contributed by atoms with Gasteiger partial charge in [-0.25, -0.2) is 0 Å². The summed E-state index contributed by atoms with van der Waals surface area (Å²) in [6.45, 7) is 3.37. The summed E-state index contributed by atoms with van der Waals surface area (Å²) in [6, 6.07) is -0.366. The zero-order valence-electron chi connectivity index (χ0n) is 7.66. The van der Waals surface area contributed by atoms with Crippen molar-refractivity contribution in [3.8, 4) is 0 Å². The monoisotopic (exact) mass is 184 g/mol. The topological polar surface area (TPSA) is 66.5 Å². The molecule has 2 amide bonds. The van der Waals surface area contributed by atoms with E-state index in [0.717, 1.165) is 0 Å². The summed E-state index contributed by atoms with van der Waals surface area (Å²) < 4.78 is 0.